The molecule has 0 radical (unpaired) electrons. The molecule has 3 rings (SSSR count). The van der Waals surface area contributed by atoms with Crippen LogP contribution in [0.3, 0.4) is 0 Å². The molecule has 2 aromatic carbocycles. The van der Waals surface area contributed by atoms with E-state index >= 15 is 0 Å². The molecule has 0 saturated heterocycles. The zero-order valence-electron chi connectivity index (χ0n) is 15.1. The fourth-order valence-electron chi connectivity index (χ4n) is 3.64. The molecule has 4 nitrogen and oxygen atoms in total. The molecule has 132 valence electrons. The largest absolute Gasteiger partial charge is 0.497 e. The molecule has 1 amide bonds. The van der Waals surface area contributed by atoms with Gasteiger partial charge in [-0.2, -0.15) is 0 Å². The van der Waals surface area contributed by atoms with Crippen molar-refractivity contribution in [2.75, 3.05) is 19.5 Å². The molecular formula is C21H25NO3. The van der Waals surface area contributed by atoms with E-state index in [2.05, 4.69) is 36.5 Å². The monoisotopic (exact) mass is 339 g/mol. The average Bonchev–Trinajstić information content (AvgIpc) is 3.13. The minimum atomic E-state index is -0.460. The zero-order valence-corrected chi connectivity index (χ0v) is 15.1. The van der Waals surface area contributed by atoms with E-state index in [-0.39, 0.29) is 5.91 Å². The highest BCUT2D eigenvalue weighted by Crippen LogP contribution is 2.43. The van der Waals surface area contributed by atoms with Gasteiger partial charge in [0.2, 0.25) is 5.91 Å². The summed E-state index contributed by atoms with van der Waals surface area (Å²) in [4.78, 5) is 13.2. The van der Waals surface area contributed by atoms with E-state index in [0.29, 0.717) is 17.2 Å². The number of nitrogens with one attached hydrogen (secondary N) is 1. The second-order valence-electron chi connectivity index (χ2n) is 6.68. The van der Waals surface area contributed by atoms with Crippen LogP contribution in [0.4, 0.5) is 5.69 Å². The first-order chi connectivity index (χ1) is 12.1. The topological polar surface area (TPSA) is 47.6 Å². The molecular weight excluding hydrogens is 314 g/mol. The molecule has 0 unspecified atom stereocenters. The van der Waals surface area contributed by atoms with Gasteiger partial charge in [0, 0.05) is 6.07 Å². The van der Waals surface area contributed by atoms with Crippen molar-refractivity contribution >= 4 is 11.6 Å². The maximum Gasteiger partial charge on any atom is 0.235 e. The molecule has 1 aliphatic carbocycles. The number of aryl methyl sites for hydroxylation is 1. The molecule has 25 heavy (non-hydrogen) atoms. The van der Waals surface area contributed by atoms with E-state index in [1.54, 1.807) is 20.3 Å². The Morgan fingerprint density at radius 1 is 1.00 bits per heavy atom. The SMILES string of the molecule is COc1ccc(NC(=O)C2(c3ccc(C)cc3)CCCC2)c(OC)c1. The van der Waals surface area contributed by atoms with E-state index < -0.39 is 5.41 Å². The molecule has 1 N–H and O–H groups in total. The molecule has 0 bridgehead atoms. The summed E-state index contributed by atoms with van der Waals surface area (Å²) in [5.74, 6) is 1.34. The van der Waals surface area contributed by atoms with Crippen LogP contribution in [0.25, 0.3) is 0 Å². The van der Waals surface area contributed by atoms with Crippen molar-refractivity contribution in [1.82, 2.24) is 0 Å². The van der Waals surface area contributed by atoms with E-state index in [1.165, 1.54) is 5.56 Å². The average molecular weight is 339 g/mol. The Morgan fingerprint density at radius 3 is 2.28 bits per heavy atom. The molecule has 0 spiro atoms. The number of hydrogen-bond acceptors (Lipinski definition) is 3. The number of methoxy groups -OCH3 is 2. The van der Waals surface area contributed by atoms with Gasteiger partial charge < -0.3 is 14.8 Å². The first-order valence-electron chi connectivity index (χ1n) is 8.70. The minimum absolute atomic E-state index is 0.0392. The Kier molecular flexibility index (Phi) is 4.98. The van der Waals surface area contributed by atoms with Gasteiger partial charge in [0.15, 0.2) is 0 Å². The summed E-state index contributed by atoms with van der Waals surface area (Å²) in [6.07, 6.45) is 3.89. The van der Waals surface area contributed by atoms with Crippen molar-refractivity contribution in [3.63, 3.8) is 0 Å². The highest BCUT2D eigenvalue weighted by molar-refractivity contribution is 6.00. The predicted octanol–water partition coefficient (Wildman–Crippen LogP) is 4.46. The number of amides is 1. The van der Waals surface area contributed by atoms with Crippen LogP contribution in [0.1, 0.15) is 36.8 Å². The quantitative estimate of drug-likeness (QED) is 0.875. The molecule has 2 aromatic rings. The van der Waals surface area contributed by atoms with Gasteiger partial charge in [-0.05, 0) is 37.5 Å². The third kappa shape index (κ3) is 3.34. The maximum absolute atomic E-state index is 13.2. The lowest BCUT2D eigenvalue weighted by Crippen LogP contribution is -2.38. The molecule has 1 fully saturated rings. The van der Waals surface area contributed by atoms with Crippen LogP contribution < -0.4 is 14.8 Å². The van der Waals surface area contributed by atoms with Crippen LogP contribution in [-0.4, -0.2) is 20.1 Å². The first kappa shape index (κ1) is 17.3. The number of hydrogen-bond donors (Lipinski definition) is 1. The summed E-state index contributed by atoms with van der Waals surface area (Å²) in [5.41, 5.74) is 2.51. The maximum atomic E-state index is 13.2. The van der Waals surface area contributed by atoms with Crippen molar-refractivity contribution in [2.45, 2.75) is 38.0 Å². The number of carbonyl (C=O) groups is 1. The second kappa shape index (κ2) is 7.18. The fourth-order valence-corrected chi connectivity index (χ4v) is 3.64. The van der Waals surface area contributed by atoms with Gasteiger partial charge in [-0.3, -0.25) is 4.79 Å². The van der Waals surface area contributed by atoms with Crippen molar-refractivity contribution in [3.8, 4) is 11.5 Å². The van der Waals surface area contributed by atoms with Crippen molar-refractivity contribution in [3.05, 3.63) is 53.6 Å². The van der Waals surface area contributed by atoms with Gasteiger partial charge >= 0.3 is 0 Å². The standard InChI is InChI=1S/C21H25NO3/c1-15-6-8-16(9-7-15)21(12-4-5-13-21)20(23)22-18-11-10-17(24-2)14-19(18)25-3/h6-11,14H,4-5,12-13H2,1-3H3,(H,22,23). The Labute approximate surface area is 149 Å². The van der Waals surface area contributed by atoms with Gasteiger partial charge in [-0.25, -0.2) is 0 Å². The summed E-state index contributed by atoms with van der Waals surface area (Å²) in [5, 5.41) is 3.09. The Balaban J connectivity index is 1.91. The number of ether oxygens (including phenoxy) is 2. The van der Waals surface area contributed by atoms with Crippen molar-refractivity contribution < 1.29 is 14.3 Å². The lowest BCUT2D eigenvalue weighted by molar-refractivity contribution is -0.121. The number of anilines is 1. The summed E-state index contributed by atoms with van der Waals surface area (Å²) in [6, 6.07) is 13.8. The van der Waals surface area contributed by atoms with E-state index in [9.17, 15) is 4.79 Å². The third-order valence-corrected chi connectivity index (χ3v) is 5.15. The first-order valence-corrected chi connectivity index (χ1v) is 8.70. The predicted molar refractivity (Wildman–Crippen MR) is 99.5 cm³/mol. The van der Waals surface area contributed by atoms with Gasteiger partial charge in [0.05, 0.1) is 25.3 Å². The third-order valence-electron chi connectivity index (χ3n) is 5.15. The molecule has 0 atom stereocenters. The summed E-state index contributed by atoms with van der Waals surface area (Å²) >= 11 is 0. The number of carbonyl (C=O) groups excluding carboxylic acids is 1. The van der Waals surface area contributed by atoms with Gasteiger partial charge in [0.1, 0.15) is 11.5 Å². The van der Waals surface area contributed by atoms with Gasteiger partial charge in [0.25, 0.3) is 0 Å². The lowest BCUT2D eigenvalue weighted by atomic mass is 9.77. The zero-order chi connectivity index (χ0) is 17.9. The Hall–Kier alpha value is -2.49. The smallest absolute Gasteiger partial charge is 0.235 e. The normalized spacial score (nSPS) is 15.6. The van der Waals surface area contributed by atoms with Gasteiger partial charge in [-0.15, -0.1) is 0 Å². The van der Waals surface area contributed by atoms with Crippen LogP contribution in [-0.2, 0) is 10.2 Å². The van der Waals surface area contributed by atoms with E-state index in [0.717, 1.165) is 31.2 Å². The Bertz CT molecular complexity index is 746. The Morgan fingerprint density at radius 2 is 1.68 bits per heavy atom. The fraction of sp³-hybridized carbons (Fsp3) is 0.381. The minimum Gasteiger partial charge on any atom is -0.497 e. The van der Waals surface area contributed by atoms with Crippen LogP contribution in [0.15, 0.2) is 42.5 Å². The molecule has 0 aromatic heterocycles. The molecule has 0 aliphatic heterocycles. The van der Waals surface area contributed by atoms with Crippen molar-refractivity contribution in [2.24, 2.45) is 0 Å². The summed E-state index contributed by atoms with van der Waals surface area (Å²) in [6.45, 7) is 2.06. The lowest BCUT2D eigenvalue weighted by Gasteiger charge is -2.29. The summed E-state index contributed by atoms with van der Waals surface area (Å²) in [7, 11) is 3.20. The number of rotatable bonds is 5. The molecule has 4 heteroatoms. The molecule has 1 aliphatic rings. The number of benzene rings is 2. The van der Waals surface area contributed by atoms with Gasteiger partial charge in [-0.1, -0.05) is 42.7 Å². The molecule has 1 saturated carbocycles. The van der Waals surface area contributed by atoms with Crippen LogP contribution in [0.5, 0.6) is 11.5 Å². The summed E-state index contributed by atoms with van der Waals surface area (Å²) < 4.78 is 10.6. The van der Waals surface area contributed by atoms with Crippen LogP contribution in [0, 0.1) is 6.92 Å². The molecule has 0 heterocycles. The second-order valence-corrected chi connectivity index (χ2v) is 6.68. The van der Waals surface area contributed by atoms with E-state index in [4.69, 9.17) is 9.47 Å². The van der Waals surface area contributed by atoms with E-state index in [1.807, 2.05) is 12.1 Å². The highest BCUT2D eigenvalue weighted by Gasteiger charge is 2.42. The van der Waals surface area contributed by atoms with Crippen LogP contribution in [0.2, 0.25) is 0 Å². The van der Waals surface area contributed by atoms with Crippen LogP contribution >= 0.6 is 0 Å². The highest BCUT2D eigenvalue weighted by atomic mass is 16.5. The van der Waals surface area contributed by atoms with Crippen molar-refractivity contribution in [1.29, 1.82) is 0 Å².